The molecule has 1 heterocycles. The van der Waals surface area contributed by atoms with Gasteiger partial charge in [0.15, 0.2) is 0 Å². The molecular weight excluding hydrogens is 222 g/mol. The summed E-state index contributed by atoms with van der Waals surface area (Å²) < 4.78 is 0. The minimum Gasteiger partial charge on any atom is -0.388 e. The molecule has 16 heavy (non-hydrogen) atoms. The van der Waals surface area contributed by atoms with E-state index >= 15 is 0 Å². The van der Waals surface area contributed by atoms with E-state index in [1.165, 1.54) is 6.42 Å². The second-order valence-corrected chi connectivity index (χ2v) is 5.06. The fraction of sp³-hybridized carbons (Fsp3) is 0.583. The summed E-state index contributed by atoms with van der Waals surface area (Å²) in [6.45, 7) is 0.562. The lowest BCUT2D eigenvalue weighted by Gasteiger charge is -2.24. The molecule has 1 aliphatic rings. The van der Waals surface area contributed by atoms with Gasteiger partial charge in [-0.3, -0.25) is 4.79 Å². The number of aliphatic hydroxyl groups excluding tert-OH is 1. The highest BCUT2D eigenvalue weighted by atomic mass is 32.1. The van der Waals surface area contributed by atoms with Crippen LogP contribution in [-0.4, -0.2) is 17.6 Å². The van der Waals surface area contributed by atoms with Crippen LogP contribution in [0.1, 0.15) is 37.4 Å². The standard InChI is InChI=1S/C12H17NO2S/c14-11(10-5-7-16-8-10)4-6-13-12(15)9-2-1-3-9/h5,7-9,11,14H,1-4,6H2,(H,13,15). The van der Waals surface area contributed by atoms with E-state index in [2.05, 4.69) is 5.32 Å². The quantitative estimate of drug-likeness (QED) is 0.826. The molecular formula is C12H17NO2S. The van der Waals surface area contributed by atoms with Gasteiger partial charge in [0.1, 0.15) is 0 Å². The summed E-state index contributed by atoms with van der Waals surface area (Å²) >= 11 is 1.58. The molecule has 0 radical (unpaired) electrons. The zero-order valence-corrected chi connectivity index (χ0v) is 10.0. The van der Waals surface area contributed by atoms with Gasteiger partial charge in [0, 0.05) is 12.5 Å². The Morgan fingerprint density at radius 2 is 2.44 bits per heavy atom. The van der Waals surface area contributed by atoms with E-state index in [1.807, 2.05) is 16.8 Å². The normalized spacial score (nSPS) is 17.8. The van der Waals surface area contributed by atoms with Crippen molar-refractivity contribution in [3.8, 4) is 0 Å². The summed E-state index contributed by atoms with van der Waals surface area (Å²) in [7, 11) is 0. The molecule has 0 aromatic carbocycles. The summed E-state index contributed by atoms with van der Waals surface area (Å²) in [5, 5.41) is 16.6. The molecule has 1 aromatic heterocycles. The number of aliphatic hydroxyl groups is 1. The second kappa shape index (κ2) is 5.46. The minimum atomic E-state index is -0.451. The predicted molar refractivity (Wildman–Crippen MR) is 64.2 cm³/mol. The number of thiophene rings is 1. The van der Waals surface area contributed by atoms with Crippen LogP contribution in [0, 0.1) is 5.92 Å². The van der Waals surface area contributed by atoms with Crippen molar-refractivity contribution in [2.45, 2.75) is 31.8 Å². The third-order valence-corrected chi connectivity index (χ3v) is 3.82. The van der Waals surface area contributed by atoms with Crippen molar-refractivity contribution in [3.63, 3.8) is 0 Å². The largest absolute Gasteiger partial charge is 0.388 e. The van der Waals surface area contributed by atoms with E-state index in [4.69, 9.17) is 0 Å². The first-order valence-electron chi connectivity index (χ1n) is 5.75. The van der Waals surface area contributed by atoms with Gasteiger partial charge in [0.2, 0.25) is 5.91 Å². The highest BCUT2D eigenvalue weighted by molar-refractivity contribution is 7.07. The van der Waals surface area contributed by atoms with Crippen molar-refractivity contribution in [1.29, 1.82) is 0 Å². The second-order valence-electron chi connectivity index (χ2n) is 4.28. The van der Waals surface area contributed by atoms with Crippen molar-refractivity contribution in [2.24, 2.45) is 5.92 Å². The molecule has 1 fully saturated rings. The van der Waals surface area contributed by atoms with E-state index in [0.717, 1.165) is 18.4 Å². The molecule has 2 N–H and O–H groups in total. The fourth-order valence-corrected chi connectivity index (χ4v) is 2.49. The monoisotopic (exact) mass is 239 g/mol. The van der Waals surface area contributed by atoms with Gasteiger partial charge in [0.25, 0.3) is 0 Å². The van der Waals surface area contributed by atoms with Crippen LogP contribution >= 0.6 is 11.3 Å². The number of carbonyl (C=O) groups is 1. The number of hydrogen-bond donors (Lipinski definition) is 2. The molecule has 1 saturated carbocycles. The Kier molecular flexibility index (Phi) is 3.96. The third-order valence-electron chi connectivity index (χ3n) is 3.12. The average molecular weight is 239 g/mol. The fourth-order valence-electron chi connectivity index (χ4n) is 1.78. The van der Waals surface area contributed by atoms with Gasteiger partial charge >= 0.3 is 0 Å². The van der Waals surface area contributed by atoms with Crippen LogP contribution in [0.3, 0.4) is 0 Å². The smallest absolute Gasteiger partial charge is 0.223 e. The highest BCUT2D eigenvalue weighted by Gasteiger charge is 2.24. The Balaban J connectivity index is 1.65. The van der Waals surface area contributed by atoms with Gasteiger partial charge in [-0.25, -0.2) is 0 Å². The zero-order valence-electron chi connectivity index (χ0n) is 9.19. The van der Waals surface area contributed by atoms with Crippen LogP contribution in [0.4, 0.5) is 0 Å². The molecule has 0 aliphatic heterocycles. The summed E-state index contributed by atoms with van der Waals surface area (Å²) in [5.74, 6) is 0.391. The predicted octanol–water partition coefficient (Wildman–Crippen LogP) is 2.09. The Labute approximate surface area is 99.5 Å². The van der Waals surface area contributed by atoms with Gasteiger partial charge in [-0.2, -0.15) is 11.3 Å². The molecule has 1 unspecified atom stereocenters. The lowest BCUT2D eigenvalue weighted by atomic mass is 9.85. The molecule has 1 aliphatic carbocycles. The topological polar surface area (TPSA) is 49.3 Å². The summed E-state index contributed by atoms with van der Waals surface area (Å²) in [6.07, 6.45) is 3.37. The highest BCUT2D eigenvalue weighted by Crippen LogP contribution is 2.26. The molecule has 1 amide bonds. The number of rotatable bonds is 5. The van der Waals surface area contributed by atoms with Gasteiger partial charge in [-0.15, -0.1) is 0 Å². The summed E-state index contributed by atoms with van der Waals surface area (Å²) in [6, 6.07) is 1.92. The zero-order chi connectivity index (χ0) is 11.4. The molecule has 0 spiro atoms. The van der Waals surface area contributed by atoms with Crippen LogP contribution in [0.2, 0.25) is 0 Å². The first kappa shape index (κ1) is 11.6. The van der Waals surface area contributed by atoms with E-state index < -0.39 is 6.10 Å². The first-order valence-corrected chi connectivity index (χ1v) is 6.69. The third kappa shape index (κ3) is 2.83. The van der Waals surface area contributed by atoms with Crippen molar-refractivity contribution in [3.05, 3.63) is 22.4 Å². The van der Waals surface area contributed by atoms with Crippen molar-refractivity contribution in [1.82, 2.24) is 5.32 Å². The van der Waals surface area contributed by atoms with Crippen LogP contribution in [-0.2, 0) is 4.79 Å². The SMILES string of the molecule is O=C(NCCC(O)c1ccsc1)C1CCC1. The molecule has 88 valence electrons. The number of amides is 1. The van der Waals surface area contributed by atoms with E-state index in [0.29, 0.717) is 13.0 Å². The van der Waals surface area contributed by atoms with Crippen LogP contribution in [0.25, 0.3) is 0 Å². The summed E-state index contributed by atoms with van der Waals surface area (Å²) in [4.78, 5) is 11.5. The lowest BCUT2D eigenvalue weighted by Crippen LogP contribution is -2.35. The maximum absolute atomic E-state index is 11.5. The van der Waals surface area contributed by atoms with Gasteiger partial charge in [0.05, 0.1) is 6.10 Å². The molecule has 4 heteroatoms. The van der Waals surface area contributed by atoms with E-state index in [1.54, 1.807) is 11.3 Å². The van der Waals surface area contributed by atoms with Crippen LogP contribution < -0.4 is 5.32 Å². The van der Waals surface area contributed by atoms with Gasteiger partial charge in [-0.1, -0.05) is 6.42 Å². The van der Waals surface area contributed by atoms with Crippen molar-refractivity contribution in [2.75, 3.05) is 6.54 Å². The first-order chi connectivity index (χ1) is 7.77. The Morgan fingerprint density at radius 3 is 3.00 bits per heavy atom. The molecule has 1 aromatic rings. The maximum Gasteiger partial charge on any atom is 0.223 e. The van der Waals surface area contributed by atoms with E-state index in [9.17, 15) is 9.90 Å². The molecule has 1 atom stereocenters. The Hall–Kier alpha value is -0.870. The number of carbonyl (C=O) groups excluding carboxylic acids is 1. The molecule has 2 rings (SSSR count). The molecule has 0 saturated heterocycles. The average Bonchev–Trinajstić information content (AvgIpc) is 2.67. The van der Waals surface area contributed by atoms with Crippen LogP contribution in [0.15, 0.2) is 16.8 Å². The lowest BCUT2D eigenvalue weighted by molar-refractivity contribution is -0.127. The van der Waals surface area contributed by atoms with Crippen LogP contribution in [0.5, 0.6) is 0 Å². The van der Waals surface area contributed by atoms with Gasteiger partial charge in [-0.05, 0) is 41.7 Å². The molecule has 3 nitrogen and oxygen atoms in total. The Bertz CT molecular complexity index is 333. The molecule has 0 bridgehead atoms. The minimum absolute atomic E-state index is 0.156. The van der Waals surface area contributed by atoms with Crippen molar-refractivity contribution >= 4 is 17.2 Å². The Morgan fingerprint density at radius 1 is 1.62 bits per heavy atom. The van der Waals surface area contributed by atoms with Gasteiger partial charge < -0.3 is 10.4 Å². The number of hydrogen-bond acceptors (Lipinski definition) is 3. The van der Waals surface area contributed by atoms with E-state index in [-0.39, 0.29) is 11.8 Å². The van der Waals surface area contributed by atoms with Crippen molar-refractivity contribution < 1.29 is 9.90 Å². The summed E-state index contributed by atoms with van der Waals surface area (Å²) in [5.41, 5.74) is 0.947. The number of nitrogens with one attached hydrogen (secondary N) is 1. The maximum atomic E-state index is 11.5.